The van der Waals surface area contributed by atoms with E-state index in [0.29, 0.717) is 33.9 Å². The number of rotatable bonds is 6. The van der Waals surface area contributed by atoms with E-state index < -0.39 is 0 Å². The highest BCUT2D eigenvalue weighted by Gasteiger charge is 2.12. The lowest BCUT2D eigenvalue weighted by Gasteiger charge is -2.08. The second kappa shape index (κ2) is 9.50. The normalized spacial score (nSPS) is 10.9. The van der Waals surface area contributed by atoms with Crippen LogP contribution in [0.5, 0.6) is 0 Å². The molecule has 164 valence electrons. The first-order chi connectivity index (χ1) is 15.4. The average Bonchev–Trinajstić information content (AvgIpc) is 3.32. The first-order valence-electron chi connectivity index (χ1n) is 10.0. The van der Waals surface area contributed by atoms with Crippen LogP contribution in [-0.2, 0) is 13.1 Å². The molecule has 0 radical (unpaired) electrons. The molecule has 0 atom stereocenters. The Morgan fingerprint density at radius 2 is 1.78 bits per heavy atom. The third-order valence-corrected chi connectivity index (χ3v) is 5.63. The van der Waals surface area contributed by atoms with Crippen molar-refractivity contribution in [1.29, 1.82) is 0 Å². The van der Waals surface area contributed by atoms with Crippen LogP contribution in [0.15, 0.2) is 60.8 Å². The topological polar surface area (TPSA) is 59.7 Å². The average molecular weight is 469 g/mol. The summed E-state index contributed by atoms with van der Waals surface area (Å²) in [5, 5.41) is 15.8. The van der Waals surface area contributed by atoms with Crippen LogP contribution in [0.25, 0.3) is 0 Å². The van der Waals surface area contributed by atoms with Crippen molar-refractivity contribution in [2.24, 2.45) is 0 Å². The largest absolute Gasteiger partial charge is 0.316 e. The molecule has 0 saturated carbocycles. The fourth-order valence-electron chi connectivity index (χ4n) is 3.31. The molecule has 0 aliphatic rings. The molecule has 6 nitrogen and oxygen atoms in total. The Hall–Kier alpha value is -3.23. The smallest absolute Gasteiger partial charge is 0.177 e. The Balaban J connectivity index is 1.38. The van der Waals surface area contributed by atoms with E-state index in [2.05, 4.69) is 39.9 Å². The summed E-state index contributed by atoms with van der Waals surface area (Å²) in [7, 11) is 0. The lowest BCUT2D eigenvalue weighted by Crippen LogP contribution is -2.20. The van der Waals surface area contributed by atoms with Crippen molar-refractivity contribution >= 4 is 40.6 Å². The van der Waals surface area contributed by atoms with Crippen molar-refractivity contribution in [3.63, 3.8) is 0 Å². The highest BCUT2D eigenvalue weighted by molar-refractivity contribution is 7.80. The van der Waals surface area contributed by atoms with Gasteiger partial charge < -0.3 is 10.6 Å². The number of aryl methyl sites for hydroxylation is 2. The molecule has 0 aliphatic carbocycles. The van der Waals surface area contributed by atoms with Gasteiger partial charge in [0.25, 0.3) is 0 Å². The van der Waals surface area contributed by atoms with Crippen LogP contribution in [0.2, 0.25) is 5.02 Å². The van der Waals surface area contributed by atoms with Crippen LogP contribution in [0, 0.1) is 19.7 Å². The SMILES string of the molecule is Cc1ccccc1Cn1ccc(NC(=S)Nc2cc(C)n(Cc3c(F)cccc3Cl)n2)n1. The van der Waals surface area contributed by atoms with Gasteiger partial charge in [0.2, 0.25) is 0 Å². The molecular formula is C23H22ClFN6S. The van der Waals surface area contributed by atoms with Crippen molar-refractivity contribution in [3.8, 4) is 0 Å². The first kappa shape index (κ1) is 22.0. The molecule has 0 bridgehead atoms. The van der Waals surface area contributed by atoms with Gasteiger partial charge in [-0.2, -0.15) is 10.2 Å². The van der Waals surface area contributed by atoms with E-state index in [0.717, 1.165) is 5.69 Å². The number of halogens is 2. The molecule has 0 saturated heterocycles. The number of hydrogen-bond acceptors (Lipinski definition) is 3. The minimum Gasteiger partial charge on any atom is -0.316 e. The molecule has 0 spiro atoms. The van der Waals surface area contributed by atoms with E-state index in [1.807, 2.05) is 42.1 Å². The minimum atomic E-state index is -0.361. The van der Waals surface area contributed by atoms with Crippen LogP contribution < -0.4 is 10.6 Å². The number of nitrogens with zero attached hydrogens (tertiary/aromatic N) is 4. The molecule has 2 N–H and O–H groups in total. The summed E-state index contributed by atoms with van der Waals surface area (Å²) in [6.07, 6.45) is 1.90. The summed E-state index contributed by atoms with van der Waals surface area (Å²) in [4.78, 5) is 0. The molecule has 0 aliphatic heterocycles. The lowest BCUT2D eigenvalue weighted by molar-refractivity contribution is 0.581. The summed E-state index contributed by atoms with van der Waals surface area (Å²) in [5.74, 6) is 0.817. The fraction of sp³-hybridized carbons (Fsp3) is 0.174. The van der Waals surface area contributed by atoms with Crippen LogP contribution in [-0.4, -0.2) is 24.7 Å². The van der Waals surface area contributed by atoms with Crippen LogP contribution >= 0.6 is 23.8 Å². The van der Waals surface area contributed by atoms with Crippen LogP contribution in [0.1, 0.15) is 22.4 Å². The van der Waals surface area contributed by atoms with Gasteiger partial charge in [0.1, 0.15) is 5.82 Å². The number of anilines is 2. The molecule has 0 fully saturated rings. The Kier molecular flexibility index (Phi) is 6.53. The molecule has 2 heterocycles. The third kappa shape index (κ3) is 5.15. The molecule has 32 heavy (non-hydrogen) atoms. The van der Waals surface area contributed by atoms with Crippen LogP contribution in [0.3, 0.4) is 0 Å². The lowest BCUT2D eigenvalue weighted by atomic mass is 10.1. The number of thiocarbonyl (C=S) groups is 1. The summed E-state index contributed by atoms with van der Waals surface area (Å²) in [5.41, 5.74) is 3.67. The number of benzene rings is 2. The van der Waals surface area contributed by atoms with E-state index in [1.165, 1.54) is 17.2 Å². The molecule has 2 aromatic heterocycles. The van der Waals surface area contributed by atoms with Crippen LogP contribution in [0.4, 0.5) is 16.0 Å². The van der Waals surface area contributed by atoms with Gasteiger partial charge in [0.15, 0.2) is 16.7 Å². The van der Waals surface area contributed by atoms with E-state index in [-0.39, 0.29) is 12.4 Å². The third-order valence-electron chi connectivity index (χ3n) is 5.07. The van der Waals surface area contributed by atoms with Crippen molar-refractivity contribution in [2.75, 3.05) is 10.6 Å². The Morgan fingerprint density at radius 3 is 2.56 bits per heavy atom. The highest BCUT2D eigenvalue weighted by Crippen LogP contribution is 2.21. The molecule has 2 aromatic carbocycles. The van der Waals surface area contributed by atoms with E-state index >= 15 is 0 Å². The standard InChI is InChI=1S/C23H22ClFN6S/c1-15-6-3-4-7-17(15)13-30-11-10-21(28-30)26-23(32)27-22-12-16(2)31(29-22)14-18-19(24)8-5-9-20(18)25/h3-12H,13-14H2,1-2H3,(H2,26,27,28,29,32). The van der Waals surface area contributed by atoms with Crippen molar-refractivity contribution in [2.45, 2.75) is 26.9 Å². The zero-order valence-corrected chi connectivity index (χ0v) is 19.2. The molecule has 0 amide bonds. The van der Waals surface area contributed by atoms with E-state index in [9.17, 15) is 4.39 Å². The number of aromatic nitrogens is 4. The summed E-state index contributed by atoms with van der Waals surface area (Å²) in [6, 6.07) is 16.5. The highest BCUT2D eigenvalue weighted by atomic mass is 35.5. The van der Waals surface area contributed by atoms with Gasteiger partial charge in [0, 0.05) is 34.6 Å². The maximum absolute atomic E-state index is 14.1. The Labute approximate surface area is 196 Å². The quantitative estimate of drug-likeness (QED) is 0.371. The summed E-state index contributed by atoms with van der Waals surface area (Å²) in [6.45, 7) is 4.87. The number of hydrogen-bond donors (Lipinski definition) is 2. The second-order valence-corrected chi connectivity index (χ2v) is 8.25. The summed E-state index contributed by atoms with van der Waals surface area (Å²) < 4.78 is 17.6. The second-order valence-electron chi connectivity index (χ2n) is 7.43. The van der Waals surface area contributed by atoms with Gasteiger partial charge in [-0.3, -0.25) is 9.36 Å². The fourth-order valence-corrected chi connectivity index (χ4v) is 3.74. The van der Waals surface area contributed by atoms with Gasteiger partial charge in [-0.15, -0.1) is 0 Å². The minimum absolute atomic E-state index is 0.225. The molecule has 9 heteroatoms. The molecular weight excluding hydrogens is 447 g/mol. The molecule has 4 aromatic rings. The molecule has 4 rings (SSSR count). The van der Waals surface area contributed by atoms with Gasteiger partial charge in [0.05, 0.1) is 13.1 Å². The predicted molar refractivity (Wildman–Crippen MR) is 130 cm³/mol. The summed E-state index contributed by atoms with van der Waals surface area (Å²) >= 11 is 11.5. The Bertz CT molecular complexity index is 1240. The number of nitrogens with one attached hydrogen (secondary N) is 2. The van der Waals surface area contributed by atoms with Crippen molar-refractivity contribution < 1.29 is 4.39 Å². The maximum Gasteiger partial charge on any atom is 0.177 e. The predicted octanol–water partition coefficient (Wildman–Crippen LogP) is 5.39. The van der Waals surface area contributed by atoms with Gasteiger partial charge in [-0.05, 0) is 49.3 Å². The van der Waals surface area contributed by atoms with E-state index in [1.54, 1.807) is 16.8 Å². The van der Waals surface area contributed by atoms with Gasteiger partial charge in [-0.25, -0.2) is 4.39 Å². The zero-order chi connectivity index (χ0) is 22.7. The van der Waals surface area contributed by atoms with E-state index in [4.69, 9.17) is 23.8 Å². The molecule has 0 unspecified atom stereocenters. The Morgan fingerprint density at radius 1 is 1.00 bits per heavy atom. The first-order valence-corrected chi connectivity index (χ1v) is 10.8. The van der Waals surface area contributed by atoms with Gasteiger partial charge >= 0.3 is 0 Å². The van der Waals surface area contributed by atoms with Crippen molar-refractivity contribution in [3.05, 3.63) is 94.0 Å². The monoisotopic (exact) mass is 468 g/mol. The van der Waals surface area contributed by atoms with Gasteiger partial charge in [-0.1, -0.05) is 41.9 Å². The maximum atomic E-state index is 14.1. The van der Waals surface area contributed by atoms with Crippen molar-refractivity contribution in [1.82, 2.24) is 19.6 Å². The zero-order valence-electron chi connectivity index (χ0n) is 17.6.